The Morgan fingerprint density at radius 2 is 1.09 bits per heavy atom. The van der Waals surface area contributed by atoms with Crippen LogP contribution in [0.15, 0.2) is 0 Å². The second kappa shape index (κ2) is 2.20. The molecule has 62 valence electrons. The van der Waals surface area contributed by atoms with Gasteiger partial charge in [0, 0.05) is 0 Å². The number of fused-ring (bicyclic) bond motifs is 2. The van der Waals surface area contributed by atoms with Gasteiger partial charge in [0.25, 0.3) is 0 Å². The molecule has 0 aromatic heterocycles. The van der Waals surface area contributed by atoms with Crippen LogP contribution in [0.5, 0.6) is 0 Å². The van der Waals surface area contributed by atoms with E-state index in [0.717, 1.165) is 0 Å². The van der Waals surface area contributed by atoms with Gasteiger partial charge in [-0.3, -0.25) is 0 Å². The molecule has 1 aliphatic carbocycles. The first-order valence-electron chi connectivity index (χ1n) is 4.74. The van der Waals surface area contributed by atoms with E-state index in [9.17, 15) is 0 Å². The largest absolute Gasteiger partial charge is 0.370 e. The first kappa shape index (κ1) is 6.44. The van der Waals surface area contributed by atoms with Gasteiger partial charge < -0.3 is 9.47 Å². The van der Waals surface area contributed by atoms with Crippen LogP contribution >= 0.6 is 0 Å². The van der Waals surface area contributed by atoms with Crippen molar-refractivity contribution in [2.75, 3.05) is 0 Å². The standard InChI is InChI=1S/C9H14O2/c1-2-6-8(10-6)4-5-9-7(3-1)11-9/h6-9H,1-5H2/t6-,7-,8-,9+/m1/s1. The molecule has 2 aliphatic heterocycles. The number of hydrogen-bond donors (Lipinski definition) is 0. The summed E-state index contributed by atoms with van der Waals surface area (Å²) in [6.45, 7) is 0. The predicted octanol–water partition coefficient (Wildman–Crippen LogP) is 1.49. The topological polar surface area (TPSA) is 25.1 Å². The Kier molecular flexibility index (Phi) is 1.29. The zero-order valence-electron chi connectivity index (χ0n) is 6.66. The summed E-state index contributed by atoms with van der Waals surface area (Å²) in [7, 11) is 0. The van der Waals surface area contributed by atoms with Crippen molar-refractivity contribution in [1.29, 1.82) is 0 Å². The monoisotopic (exact) mass is 154 g/mol. The third-order valence-electron chi connectivity index (χ3n) is 3.09. The minimum Gasteiger partial charge on any atom is -0.370 e. The molecule has 4 atom stereocenters. The molecule has 3 fully saturated rings. The molecule has 2 heteroatoms. The van der Waals surface area contributed by atoms with E-state index in [2.05, 4.69) is 0 Å². The van der Waals surface area contributed by atoms with Gasteiger partial charge >= 0.3 is 0 Å². The summed E-state index contributed by atoms with van der Waals surface area (Å²) < 4.78 is 11.0. The van der Waals surface area contributed by atoms with Crippen LogP contribution in [0.3, 0.4) is 0 Å². The zero-order chi connectivity index (χ0) is 7.26. The third-order valence-corrected chi connectivity index (χ3v) is 3.09. The Morgan fingerprint density at radius 3 is 1.64 bits per heavy atom. The molecule has 0 amide bonds. The van der Waals surface area contributed by atoms with Crippen molar-refractivity contribution < 1.29 is 9.47 Å². The van der Waals surface area contributed by atoms with Gasteiger partial charge in [0.2, 0.25) is 0 Å². The van der Waals surface area contributed by atoms with E-state index in [1.165, 1.54) is 32.1 Å². The molecule has 0 unspecified atom stereocenters. The fourth-order valence-electron chi connectivity index (χ4n) is 2.22. The molecule has 0 radical (unpaired) electrons. The summed E-state index contributed by atoms with van der Waals surface area (Å²) in [6.07, 6.45) is 8.82. The van der Waals surface area contributed by atoms with Crippen molar-refractivity contribution in [2.45, 2.75) is 56.5 Å². The maximum Gasteiger partial charge on any atom is 0.0842 e. The Morgan fingerprint density at radius 1 is 0.636 bits per heavy atom. The van der Waals surface area contributed by atoms with Crippen molar-refractivity contribution in [3.63, 3.8) is 0 Å². The minimum atomic E-state index is 0.609. The second-order valence-electron chi connectivity index (χ2n) is 3.93. The number of rotatable bonds is 0. The number of hydrogen-bond acceptors (Lipinski definition) is 2. The quantitative estimate of drug-likeness (QED) is 0.494. The molecule has 0 aromatic carbocycles. The highest BCUT2D eigenvalue weighted by Crippen LogP contribution is 2.39. The van der Waals surface area contributed by atoms with E-state index in [0.29, 0.717) is 24.4 Å². The van der Waals surface area contributed by atoms with Crippen LogP contribution < -0.4 is 0 Å². The molecule has 1 saturated carbocycles. The van der Waals surface area contributed by atoms with Gasteiger partial charge in [-0.2, -0.15) is 0 Å². The lowest BCUT2D eigenvalue weighted by molar-refractivity contribution is 0.339. The average molecular weight is 154 g/mol. The molecule has 11 heavy (non-hydrogen) atoms. The molecular weight excluding hydrogens is 140 g/mol. The van der Waals surface area contributed by atoms with Crippen molar-refractivity contribution in [1.82, 2.24) is 0 Å². The SMILES string of the molecule is C1C[C@H]2O[C@H]2CC[C@H]2O[C@@H]2C1. The smallest absolute Gasteiger partial charge is 0.0842 e. The number of ether oxygens (including phenoxy) is 2. The highest BCUT2D eigenvalue weighted by Gasteiger charge is 2.45. The number of epoxide rings is 2. The van der Waals surface area contributed by atoms with Gasteiger partial charge in [-0.1, -0.05) is 0 Å². The van der Waals surface area contributed by atoms with Crippen molar-refractivity contribution in [3.05, 3.63) is 0 Å². The highest BCUT2D eigenvalue weighted by atomic mass is 16.6. The van der Waals surface area contributed by atoms with Crippen molar-refractivity contribution in [2.24, 2.45) is 0 Å². The molecule has 2 nitrogen and oxygen atoms in total. The fraction of sp³-hybridized carbons (Fsp3) is 1.00. The van der Waals surface area contributed by atoms with Crippen LogP contribution in [-0.4, -0.2) is 24.4 Å². The summed E-state index contributed by atoms with van der Waals surface area (Å²) in [5.41, 5.74) is 0. The zero-order valence-corrected chi connectivity index (χ0v) is 6.66. The lowest BCUT2D eigenvalue weighted by atomic mass is 10.1. The molecule has 0 spiro atoms. The third kappa shape index (κ3) is 1.18. The van der Waals surface area contributed by atoms with Gasteiger partial charge in [-0.05, 0) is 32.1 Å². The molecule has 0 aromatic rings. The average Bonchev–Trinajstić information content (AvgIpc) is 2.85. The van der Waals surface area contributed by atoms with Gasteiger partial charge in [0.1, 0.15) is 0 Å². The maximum absolute atomic E-state index is 5.50. The highest BCUT2D eigenvalue weighted by molar-refractivity contribution is 4.93. The van der Waals surface area contributed by atoms with E-state index in [1.807, 2.05) is 0 Å². The van der Waals surface area contributed by atoms with Gasteiger partial charge in [-0.15, -0.1) is 0 Å². The Labute approximate surface area is 66.9 Å². The molecule has 2 saturated heterocycles. The van der Waals surface area contributed by atoms with Crippen LogP contribution in [0.25, 0.3) is 0 Å². The first-order chi connectivity index (χ1) is 5.43. The summed E-state index contributed by atoms with van der Waals surface area (Å²) in [5, 5.41) is 0. The van der Waals surface area contributed by atoms with Crippen molar-refractivity contribution in [3.8, 4) is 0 Å². The van der Waals surface area contributed by atoms with E-state index < -0.39 is 0 Å². The normalized spacial score (nSPS) is 54.5. The van der Waals surface area contributed by atoms with Crippen LogP contribution in [0.2, 0.25) is 0 Å². The molecule has 3 rings (SSSR count). The minimum absolute atomic E-state index is 0.609. The van der Waals surface area contributed by atoms with Crippen molar-refractivity contribution >= 4 is 0 Å². The van der Waals surface area contributed by atoms with E-state index in [-0.39, 0.29) is 0 Å². The maximum atomic E-state index is 5.50. The summed E-state index contributed by atoms with van der Waals surface area (Å²) in [4.78, 5) is 0. The van der Waals surface area contributed by atoms with E-state index >= 15 is 0 Å². The lowest BCUT2D eigenvalue weighted by Crippen LogP contribution is -1.95. The molecule has 2 heterocycles. The molecule has 3 aliphatic rings. The summed E-state index contributed by atoms with van der Waals surface area (Å²) >= 11 is 0. The molecular formula is C9H14O2. The van der Waals surface area contributed by atoms with Crippen LogP contribution in [-0.2, 0) is 9.47 Å². The van der Waals surface area contributed by atoms with Crippen LogP contribution in [0.1, 0.15) is 32.1 Å². The predicted molar refractivity (Wildman–Crippen MR) is 40.4 cm³/mol. The van der Waals surface area contributed by atoms with E-state index in [1.54, 1.807) is 0 Å². The summed E-state index contributed by atoms with van der Waals surface area (Å²) in [6, 6.07) is 0. The van der Waals surface area contributed by atoms with E-state index in [4.69, 9.17) is 9.47 Å². The van der Waals surface area contributed by atoms with Gasteiger partial charge in [-0.25, -0.2) is 0 Å². The van der Waals surface area contributed by atoms with Crippen LogP contribution in [0, 0.1) is 0 Å². The molecule has 0 N–H and O–H groups in total. The second-order valence-corrected chi connectivity index (χ2v) is 3.93. The first-order valence-corrected chi connectivity index (χ1v) is 4.74. The Hall–Kier alpha value is -0.0800. The Bertz CT molecular complexity index is 151. The fourth-order valence-corrected chi connectivity index (χ4v) is 2.22. The Balaban J connectivity index is 1.62. The van der Waals surface area contributed by atoms with Gasteiger partial charge in [0.15, 0.2) is 0 Å². The molecule has 0 bridgehead atoms. The van der Waals surface area contributed by atoms with Gasteiger partial charge in [0.05, 0.1) is 24.4 Å². The summed E-state index contributed by atoms with van der Waals surface area (Å²) in [5.74, 6) is 0. The van der Waals surface area contributed by atoms with Crippen LogP contribution in [0.4, 0.5) is 0 Å². The lowest BCUT2D eigenvalue weighted by Gasteiger charge is -1.91.